The lowest BCUT2D eigenvalue weighted by molar-refractivity contribution is -0.138. The lowest BCUT2D eigenvalue weighted by Crippen LogP contribution is -2.51. The Balaban J connectivity index is 1.57. The Morgan fingerprint density at radius 2 is 2.00 bits per heavy atom. The van der Waals surface area contributed by atoms with E-state index in [0.717, 1.165) is 26.2 Å². The van der Waals surface area contributed by atoms with Crippen LogP contribution in [0.25, 0.3) is 0 Å². The van der Waals surface area contributed by atoms with Crippen molar-refractivity contribution in [3.05, 3.63) is 48.3 Å². The monoisotopic (exact) mass is 360 g/mol. The van der Waals surface area contributed by atoms with Gasteiger partial charge in [0, 0.05) is 32.7 Å². The molecule has 1 aliphatic heterocycles. The lowest BCUT2D eigenvalue weighted by Gasteiger charge is -2.37. The summed E-state index contributed by atoms with van der Waals surface area (Å²) >= 11 is 0. The molecular weight excluding hydrogens is 335 g/mol. The van der Waals surface area contributed by atoms with E-state index in [-0.39, 0.29) is 11.7 Å². The molecule has 0 saturated carbocycles. The molecule has 1 amide bonds. The highest BCUT2D eigenvalue weighted by Crippen LogP contribution is 2.22. The van der Waals surface area contributed by atoms with E-state index in [2.05, 4.69) is 15.0 Å². The van der Waals surface area contributed by atoms with Gasteiger partial charge in [0.2, 0.25) is 5.91 Å². The van der Waals surface area contributed by atoms with Crippen LogP contribution in [0.3, 0.4) is 0 Å². The van der Waals surface area contributed by atoms with Crippen LogP contribution in [0.5, 0.6) is 0 Å². The van der Waals surface area contributed by atoms with E-state index in [9.17, 15) is 9.18 Å². The van der Waals surface area contributed by atoms with E-state index < -0.39 is 6.04 Å². The molecule has 1 atom stereocenters. The molecule has 1 aliphatic rings. The smallest absolute Gasteiger partial charge is 0.244 e. The Labute approximate surface area is 153 Å². The predicted molar refractivity (Wildman–Crippen MR) is 95.9 cm³/mol. The number of piperazine rings is 1. The van der Waals surface area contributed by atoms with Gasteiger partial charge in [-0.25, -0.2) is 9.37 Å². The summed E-state index contributed by atoms with van der Waals surface area (Å²) in [4.78, 5) is 23.0. The van der Waals surface area contributed by atoms with Crippen LogP contribution in [-0.2, 0) is 11.3 Å². The molecule has 2 heterocycles. The highest BCUT2D eigenvalue weighted by Gasteiger charge is 2.30. The molecule has 0 spiro atoms. The third-order valence-electron chi connectivity index (χ3n) is 4.71. The second kappa shape index (κ2) is 8.37. The predicted octanol–water partition coefficient (Wildman–Crippen LogP) is 0.864. The zero-order valence-electron chi connectivity index (χ0n) is 15.3. The molecule has 1 unspecified atom stereocenters. The Morgan fingerprint density at radius 1 is 1.23 bits per heavy atom. The number of nitrogens with zero attached hydrogens (tertiary/aromatic N) is 6. The summed E-state index contributed by atoms with van der Waals surface area (Å²) in [6.07, 6.45) is 3.24. The number of benzene rings is 1. The van der Waals surface area contributed by atoms with Gasteiger partial charge in [-0.05, 0) is 31.8 Å². The van der Waals surface area contributed by atoms with E-state index in [1.54, 1.807) is 18.5 Å². The fraction of sp³-hybridized carbons (Fsp3) is 0.500. The van der Waals surface area contributed by atoms with Crippen molar-refractivity contribution in [2.75, 3.05) is 46.8 Å². The first-order valence-corrected chi connectivity index (χ1v) is 8.80. The molecule has 0 aliphatic carbocycles. The van der Waals surface area contributed by atoms with Crippen molar-refractivity contribution < 1.29 is 9.18 Å². The minimum absolute atomic E-state index is 0.0246. The van der Waals surface area contributed by atoms with Crippen molar-refractivity contribution in [2.45, 2.75) is 12.6 Å². The normalized spacial score (nSPS) is 16.8. The van der Waals surface area contributed by atoms with Gasteiger partial charge in [0.05, 0.1) is 6.54 Å². The molecule has 1 aromatic heterocycles. The summed E-state index contributed by atoms with van der Waals surface area (Å²) in [6, 6.07) is 5.83. The van der Waals surface area contributed by atoms with E-state index in [1.807, 2.05) is 28.6 Å². The molecule has 1 aromatic carbocycles. The number of halogens is 1. The van der Waals surface area contributed by atoms with E-state index in [1.165, 1.54) is 18.5 Å². The first-order chi connectivity index (χ1) is 12.5. The van der Waals surface area contributed by atoms with Crippen LogP contribution < -0.4 is 0 Å². The molecule has 8 heteroatoms. The number of amides is 1. The first-order valence-electron chi connectivity index (χ1n) is 8.80. The molecule has 1 saturated heterocycles. The highest BCUT2D eigenvalue weighted by atomic mass is 19.1. The second-order valence-electron chi connectivity index (χ2n) is 6.75. The fourth-order valence-electron chi connectivity index (χ4n) is 3.30. The van der Waals surface area contributed by atoms with E-state index in [0.29, 0.717) is 18.7 Å². The van der Waals surface area contributed by atoms with Crippen molar-refractivity contribution in [2.24, 2.45) is 0 Å². The average molecular weight is 360 g/mol. The maximum absolute atomic E-state index is 13.6. The van der Waals surface area contributed by atoms with Crippen molar-refractivity contribution in [3.8, 4) is 0 Å². The van der Waals surface area contributed by atoms with Crippen LogP contribution in [0, 0.1) is 5.82 Å². The maximum atomic E-state index is 13.6. The minimum Gasteiger partial charge on any atom is -0.338 e. The molecule has 1 fully saturated rings. The molecular formula is C18H25FN6O. The summed E-state index contributed by atoms with van der Waals surface area (Å²) in [5.41, 5.74) is 0.689. The van der Waals surface area contributed by atoms with Crippen LogP contribution in [-0.4, -0.2) is 82.2 Å². The Bertz CT molecular complexity index is 712. The van der Waals surface area contributed by atoms with Gasteiger partial charge in [-0.3, -0.25) is 19.3 Å². The second-order valence-corrected chi connectivity index (χ2v) is 6.75. The molecule has 0 bridgehead atoms. The molecule has 2 aromatic rings. The Kier molecular flexibility index (Phi) is 5.95. The minimum atomic E-state index is -0.465. The van der Waals surface area contributed by atoms with Crippen molar-refractivity contribution in [1.82, 2.24) is 29.5 Å². The van der Waals surface area contributed by atoms with Crippen LogP contribution in [0.15, 0.2) is 36.9 Å². The van der Waals surface area contributed by atoms with E-state index >= 15 is 0 Å². The van der Waals surface area contributed by atoms with Gasteiger partial charge in [-0.2, -0.15) is 5.10 Å². The van der Waals surface area contributed by atoms with Gasteiger partial charge < -0.3 is 4.90 Å². The van der Waals surface area contributed by atoms with Gasteiger partial charge >= 0.3 is 0 Å². The third kappa shape index (κ3) is 4.44. The van der Waals surface area contributed by atoms with Crippen molar-refractivity contribution >= 4 is 5.91 Å². The number of likely N-dealkylation sites (N-methyl/N-ethyl adjacent to an activating group) is 1. The number of carbonyl (C=O) groups excluding carboxylic acids is 1. The zero-order valence-corrected chi connectivity index (χ0v) is 15.3. The summed E-state index contributed by atoms with van der Waals surface area (Å²) in [7, 11) is 3.70. The average Bonchev–Trinajstić information content (AvgIpc) is 3.14. The largest absolute Gasteiger partial charge is 0.338 e. The zero-order chi connectivity index (χ0) is 18.5. The number of aromatic nitrogens is 3. The quantitative estimate of drug-likeness (QED) is 0.765. The fourth-order valence-corrected chi connectivity index (χ4v) is 3.30. The highest BCUT2D eigenvalue weighted by molar-refractivity contribution is 5.83. The topological polar surface area (TPSA) is 57.5 Å². The molecule has 7 nitrogen and oxygen atoms in total. The summed E-state index contributed by atoms with van der Waals surface area (Å²) in [5.74, 6) is -0.295. The third-order valence-corrected chi connectivity index (χ3v) is 4.71. The SMILES string of the molecule is CN(C)C(C(=O)N1CCN(CCn2cncn2)CC1)c1cccc(F)c1. The summed E-state index contributed by atoms with van der Waals surface area (Å²) in [6.45, 7) is 4.67. The van der Waals surface area contributed by atoms with Crippen LogP contribution >= 0.6 is 0 Å². The lowest BCUT2D eigenvalue weighted by atomic mass is 10.0. The van der Waals surface area contributed by atoms with Gasteiger partial charge in [0.15, 0.2) is 0 Å². The van der Waals surface area contributed by atoms with Crippen molar-refractivity contribution in [1.29, 1.82) is 0 Å². The Morgan fingerprint density at radius 3 is 2.62 bits per heavy atom. The number of rotatable bonds is 6. The van der Waals surface area contributed by atoms with Gasteiger partial charge in [-0.15, -0.1) is 0 Å². The van der Waals surface area contributed by atoms with Crippen LogP contribution in [0.1, 0.15) is 11.6 Å². The van der Waals surface area contributed by atoms with Gasteiger partial charge in [-0.1, -0.05) is 12.1 Å². The summed E-state index contributed by atoms with van der Waals surface area (Å²) < 4.78 is 15.4. The standard InChI is InChI=1S/C18H25FN6O/c1-22(2)17(15-4-3-5-16(19)12-15)18(26)24-9-6-23(7-10-24)8-11-25-14-20-13-21-25/h3-5,12-14,17H,6-11H2,1-2H3. The molecule has 3 rings (SSSR count). The molecule has 0 radical (unpaired) electrons. The molecule has 140 valence electrons. The number of hydrogen-bond donors (Lipinski definition) is 0. The molecule has 0 N–H and O–H groups in total. The van der Waals surface area contributed by atoms with Crippen molar-refractivity contribution in [3.63, 3.8) is 0 Å². The van der Waals surface area contributed by atoms with Crippen LogP contribution in [0.4, 0.5) is 4.39 Å². The Hall–Kier alpha value is -2.32. The van der Waals surface area contributed by atoms with Gasteiger partial charge in [0.1, 0.15) is 24.5 Å². The van der Waals surface area contributed by atoms with Gasteiger partial charge in [0.25, 0.3) is 0 Å². The number of hydrogen-bond acceptors (Lipinski definition) is 5. The van der Waals surface area contributed by atoms with Crippen LogP contribution in [0.2, 0.25) is 0 Å². The number of carbonyl (C=O) groups is 1. The van der Waals surface area contributed by atoms with E-state index in [4.69, 9.17) is 0 Å². The molecule has 26 heavy (non-hydrogen) atoms. The first kappa shape index (κ1) is 18.5. The maximum Gasteiger partial charge on any atom is 0.244 e. The summed E-state index contributed by atoms with van der Waals surface area (Å²) in [5, 5.41) is 4.11.